The van der Waals surface area contributed by atoms with Gasteiger partial charge in [0.1, 0.15) is 10.6 Å². The van der Waals surface area contributed by atoms with Crippen LogP contribution in [0.25, 0.3) is 10.6 Å². The summed E-state index contributed by atoms with van der Waals surface area (Å²) in [5, 5.41) is 6.48. The summed E-state index contributed by atoms with van der Waals surface area (Å²) in [6.07, 6.45) is 1.59. The summed E-state index contributed by atoms with van der Waals surface area (Å²) in [6.45, 7) is 0.493. The Labute approximate surface area is 175 Å². The lowest BCUT2D eigenvalue weighted by molar-refractivity contribution is 0.601. The van der Waals surface area contributed by atoms with Crippen LogP contribution in [0.15, 0.2) is 87.7 Å². The van der Waals surface area contributed by atoms with Gasteiger partial charge in [-0.3, -0.25) is 9.40 Å². The molecule has 0 saturated heterocycles. The van der Waals surface area contributed by atoms with E-state index in [1.807, 2.05) is 47.8 Å². The number of halogens is 1. The van der Waals surface area contributed by atoms with Gasteiger partial charge in [0, 0.05) is 16.4 Å². The molecule has 28 heavy (non-hydrogen) atoms. The maximum Gasteiger partial charge on any atom is 0.265 e. The number of rotatable bonds is 6. The van der Waals surface area contributed by atoms with Gasteiger partial charge >= 0.3 is 0 Å². The average molecular weight is 474 g/mol. The monoisotopic (exact) mass is 473 g/mol. The molecule has 0 spiro atoms. The first-order valence-electron chi connectivity index (χ1n) is 8.45. The molecular weight excluding hydrogens is 458 g/mol. The first kappa shape index (κ1) is 18.9. The minimum absolute atomic E-state index is 0.161. The first-order valence-corrected chi connectivity index (χ1v) is 11.6. The maximum absolute atomic E-state index is 13.1. The molecule has 0 aliphatic carbocycles. The van der Waals surface area contributed by atoms with E-state index in [9.17, 15) is 8.42 Å². The Balaban J connectivity index is 1.72. The number of anilines is 1. The Morgan fingerprint density at radius 3 is 2.43 bits per heavy atom. The molecule has 0 aliphatic heterocycles. The lowest BCUT2D eigenvalue weighted by Gasteiger charge is -2.07. The van der Waals surface area contributed by atoms with Gasteiger partial charge in [0.05, 0.1) is 11.4 Å². The fraction of sp³-hybridized carbons (Fsp3) is 0.0500. The number of benzene rings is 2. The number of aromatic nitrogens is 2. The third-order valence-electron chi connectivity index (χ3n) is 4.06. The van der Waals surface area contributed by atoms with E-state index in [-0.39, 0.29) is 4.90 Å². The predicted molar refractivity (Wildman–Crippen MR) is 116 cm³/mol. The molecule has 2 aromatic heterocycles. The van der Waals surface area contributed by atoms with Crippen LogP contribution in [-0.2, 0) is 16.6 Å². The van der Waals surface area contributed by atoms with Crippen LogP contribution in [0.1, 0.15) is 5.56 Å². The van der Waals surface area contributed by atoms with Crippen LogP contribution in [0.3, 0.4) is 0 Å². The quantitative estimate of drug-likeness (QED) is 0.417. The molecule has 142 valence electrons. The topological polar surface area (TPSA) is 64.0 Å². The largest absolute Gasteiger partial charge is 0.280 e. The van der Waals surface area contributed by atoms with Gasteiger partial charge in [0.2, 0.25) is 0 Å². The van der Waals surface area contributed by atoms with Crippen molar-refractivity contribution in [2.45, 2.75) is 11.4 Å². The molecule has 8 heteroatoms. The fourth-order valence-electron chi connectivity index (χ4n) is 2.76. The van der Waals surface area contributed by atoms with E-state index >= 15 is 0 Å². The van der Waals surface area contributed by atoms with Crippen LogP contribution in [0, 0.1) is 0 Å². The molecule has 0 atom stereocenters. The lowest BCUT2D eigenvalue weighted by atomic mass is 10.2. The number of thiophene rings is 1. The van der Waals surface area contributed by atoms with Crippen molar-refractivity contribution in [1.82, 2.24) is 9.78 Å². The molecule has 0 aliphatic rings. The summed E-state index contributed by atoms with van der Waals surface area (Å²) in [6, 6.07) is 20.6. The second kappa shape index (κ2) is 7.90. The normalized spacial score (nSPS) is 11.5. The van der Waals surface area contributed by atoms with Crippen molar-refractivity contribution in [3.63, 3.8) is 0 Å². The molecule has 4 rings (SSSR count). The molecule has 2 aromatic carbocycles. The maximum atomic E-state index is 13.1. The van der Waals surface area contributed by atoms with Gasteiger partial charge < -0.3 is 0 Å². The second-order valence-corrected chi connectivity index (χ2v) is 9.63. The van der Waals surface area contributed by atoms with Crippen molar-refractivity contribution in [3.05, 3.63) is 88.3 Å². The molecule has 4 aromatic rings. The standard InChI is InChI=1S/C20H16BrN3O2S2/c21-16-8-10-17(11-9-16)23-28(25,26)19-14-24(13-15-5-2-1-3-6-15)22-20(19)18-7-4-12-27-18/h1-12,14,23H,13H2. The van der Waals surface area contributed by atoms with E-state index in [4.69, 9.17) is 0 Å². The highest BCUT2D eigenvalue weighted by molar-refractivity contribution is 9.10. The Bertz CT molecular complexity index is 1170. The van der Waals surface area contributed by atoms with Crippen molar-refractivity contribution in [1.29, 1.82) is 0 Å². The number of hydrogen-bond donors (Lipinski definition) is 1. The highest BCUT2D eigenvalue weighted by atomic mass is 79.9. The molecule has 2 heterocycles. The van der Waals surface area contributed by atoms with Crippen molar-refractivity contribution in [2.75, 3.05) is 4.72 Å². The van der Waals surface area contributed by atoms with E-state index in [1.165, 1.54) is 11.3 Å². The minimum atomic E-state index is -3.80. The summed E-state index contributed by atoms with van der Waals surface area (Å²) < 4.78 is 31.4. The minimum Gasteiger partial charge on any atom is -0.280 e. The molecule has 0 saturated carbocycles. The Morgan fingerprint density at radius 2 is 1.75 bits per heavy atom. The Hall–Kier alpha value is -2.42. The highest BCUT2D eigenvalue weighted by Crippen LogP contribution is 2.31. The molecule has 1 N–H and O–H groups in total. The van der Waals surface area contributed by atoms with Crippen LogP contribution < -0.4 is 4.72 Å². The number of nitrogens with zero attached hydrogens (tertiary/aromatic N) is 2. The summed E-state index contributed by atoms with van der Waals surface area (Å²) in [5.74, 6) is 0. The molecule has 0 bridgehead atoms. The zero-order chi connectivity index (χ0) is 19.6. The number of hydrogen-bond acceptors (Lipinski definition) is 4. The Morgan fingerprint density at radius 1 is 1.00 bits per heavy atom. The number of nitrogens with one attached hydrogen (secondary N) is 1. The van der Waals surface area contributed by atoms with Gasteiger partial charge in [-0.2, -0.15) is 5.10 Å². The predicted octanol–water partition coefficient (Wildman–Crippen LogP) is 5.22. The summed E-state index contributed by atoms with van der Waals surface area (Å²) in [5.41, 5.74) is 2.00. The Kier molecular flexibility index (Phi) is 5.34. The van der Waals surface area contributed by atoms with Crippen LogP contribution in [0.2, 0.25) is 0 Å². The SMILES string of the molecule is O=S(=O)(Nc1ccc(Br)cc1)c1cn(Cc2ccccc2)nc1-c1cccs1. The van der Waals surface area contributed by atoms with Gasteiger partial charge in [-0.25, -0.2) is 8.42 Å². The van der Waals surface area contributed by atoms with Gasteiger partial charge in [-0.1, -0.05) is 52.3 Å². The molecule has 5 nitrogen and oxygen atoms in total. The molecule has 0 unspecified atom stereocenters. The van der Waals surface area contributed by atoms with Crippen molar-refractivity contribution in [2.24, 2.45) is 0 Å². The number of sulfonamides is 1. The van der Waals surface area contributed by atoms with E-state index in [2.05, 4.69) is 25.8 Å². The van der Waals surface area contributed by atoms with Crippen molar-refractivity contribution >= 4 is 43.0 Å². The summed E-state index contributed by atoms with van der Waals surface area (Å²) in [4.78, 5) is 0.969. The molecule has 0 fully saturated rings. The smallest absolute Gasteiger partial charge is 0.265 e. The van der Waals surface area contributed by atoms with Crippen LogP contribution in [-0.4, -0.2) is 18.2 Å². The van der Waals surface area contributed by atoms with Gasteiger partial charge in [-0.15, -0.1) is 11.3 Å². The van der Waals surface area contributed by atoms with Gasteiger partial charge in [0.25, 0.3) is 10.0 Å². The average Bonchev–Trinajstić information content (AvgIpc) is 3.34. The van der Waals surface area contributed by atoms with Crippen molar-refractivity contribution in [3.8, 4) is 10.6 Å². The van der Waals surface area contributed by atoms with Gasteiger partial charge in [0.15, 0.2) is 0 Å². The van der Waals surface area contributed by atoms with E-state index in [0.717, 1.165) is 14.9 Å². The van der Waals surface area contributed by atoms with Crippen LogP contribution in [0.5, 0.6) is 0 Å². The zero-order valence-corrected chi connectivity index (χ0v) is 17.8. The van der Waals surface area contributed by atoms with Gasteiger partial charge in [-0.05, 0) is 41.3 Å². The fourth-order valence-corrected chi connectivity index (χ4v) is 5.04. The zero-order valence-electron chi connectivity index (χ0n) is 14.6. The summed E-state index contributed by atoms with van der Waals surface area (Å²) >= 11 is 4.81. The van der Waals surface area contributed by atoms with Crippen LogP contribution in [0.4, 0.5) is 5.69 Å². The van der Waals surface area contributed by atoms with E-state index in [0.29, 0.717) is 17.9 Å². The molecular formula is C20H16BrN3O2S2. The highest BCUT2D eigenvalue weighted by Gasteiger charge is 2.24. The van der Waals surface area contributed by atoms with E-state index < -0.39 is 10.0 Å². The molecule has 0 radical (unpaired) electrons. The molecule has 0 amide bonds. The lowest BCUT2D eigenvalue weighted by Crippen LogP contribution is -2.13. The summed E-state index contributed by atoms with van der Waals surface area (Å²) in [7, 11) is -3.80. The first-order chi connectivity index (χ1) is 13.5. The van der Waals surface area contributed by atoms with Crippen molar-refractivity contribution < 1.29 is 8.42 Å². The van der Waals surface area contributed by atoms with E-state index in [1.54, 1.807) is 35.1 Å². The third kappa shape index (κ3) is 4.19. The third-order valence-corrected chi connectivity index (χ3v) is 6.84. The van der Waals surface area contributed by atoms with Crippen LogP contribution >= 0.6 is 27.3 Å². The second-order valence-electron chi connectivity index (χ2n) is 6.11.